The van der Waals surface area contributed by atoms with Crippen LogP contribution in [0.1, 0.15) is 28.4 Å². The van der Waals surface area contributed by atoms with E-state index in [2.05, 4.69) is 22.8 Å². The van der Waals surface area contributed by atoms with Crippen molar-refractivity contribution in [2.45, 2.75) is 19.0 Å². The van der Waals surface area contributed by atoms with Gasteiger partial charge >= 0.3 is 0 Å². The van der Waals surface area contributed by atoms with Gasteiger partial charge in [0.2, 0.25) is 0 Å². The Morgan fingerprint density at radius 2 is 1.56 bits per heavy atom. The van der Waals surface area contributed by atoms with Gasteiger partial charge in [-0.15, -0.1) is 0 Å². The van der Waals surface area contributed by atoms with Crippen LogP contribution in [0.15, 0.2) is 78.9 Å². The number of nitrogens with one attached hydrogen (secondary N) is 2. The fourth-order valence-electron chi connectivity index (χ4n) is 3.45. The number of rotatable bonds is 5. The lowest BCUT2D eigenvalue weighted by Gasteiger charge is -2.38. The number of carbonyl (C=O) groups is 1. The van der Waals surface area contributed by atoms with Crippen molar-refractivity contribution in [2.75, 3.05) is 11.9 Å². The van der Waals surface area contributed by atoms with E-state index in [1.54, 1.807) is 0 Å². The molecule has 136 valence electrons. The summed E-state index contributed by atoms with van der Waals surface area (Å²) in [7, 11) is 0. The van der Waals surface area contributed by atoms with Gasteiger partial charge in [0.05, 0.1) is 12.2 Å². The van der Waals surface area contributed by atoms with Gasteiger partial charge in [-0.2, -0.15) is 0 Å². The summed E-state index contributed by atoms with van der Waals surface area (Å²) in [6.45, 7) is 2.53. The minimum absolute atomic E-state index is 0.0917. The Kier molecular flexibility index (Phi) is 4.55. The third-order valence-electron chi connectivity index (χ3n) is 4.84. The highest BCUT2D eigenvalue weighted by Gasteiger charge is 2.36. The minimum Gasteiger partial charge on any atom is -0.493 e. The van der Waals surface area contributed by atoms with E-state index in [1.807, 2.05) is 73.7 Å². The molecule has 0 saturated heterocycles. The number of carbonyl (C=O) groups excluding carboxylic acids is 1. The molecule has 0 aliphatic carbocycles. The summed E-state index contributed by atoms with van der Waals surface area (Å²) in [5.74, 6) is 0.675. The third-order valence-corrected chi connectivity index (χ3v) is 4.84. The van der Waals surface area contributed by atoms with Gasteiger partial charge in [0.1, 0.15) is 11.4 Å². The number of fused-ring (bicyclic) bond motifs is 1. The molecule has 1 atom stereocenters. The second-order valence-electron chi connectivity index (χ2n) is 6.83. The first-order valence-corrected chi connectivity index (χ1v) is 9.12. The lowest BCUT2D eigenvalue weighted by molar-refractivity contribution is 0.0905. The number of para-hydroxylation sites is 2. The Morgan fingerprint density at radius 1 is 0.852 bits per heavy atom. The van der Waals surface area contributed by atoms with Crippen molar-refractivity contribution in [3.05, 3.63) is 95.6 Å². The van der Waals surface area contributed by atoms with Crippen LogP contribution in [0.5, 0.6) is 5.75 Å². The predicted octanol–water partition coefficient (Wildman–Crippen LogP) is 4.34. The van der Waals surface area contributed by atoms with Crippen molar-refractivity contribution < 1.29 is 9.53 Å². The molecule has 3 aromatic rings. The molecule has 4 nitrogen and oxygen atoms in total. The highest BCUT2D eigenvalue weighted by Crippen LogP contribution is 2.35. The molecule has 0 radical (unpaired) electrons. The molecule has 0 aromatic heterocycles. The molecule has 1 aliphatic rings. The second kappa shape index (κ2) is 7.16. The Bertz CT molecular complexity index is 955. The maximum absolute atomic E-state index is 12.6. The van der Waals surface area contributed by atoms with Gasteiger partial charge in [-0.05, 0) is 30.7 Å². The summed E-state index contributed by atoms with van der Waals surface area (Å²) < 4.78 is 6.09. The maximum Gasteiger partial charge on any atom is 0.255 e. The quantitative estimate of drug-likeness (QED) is 0.713. The summed E-state index contributed by atoms with van der Waals surface area (Å²) in [5.41, 5.74) is 2.87. The summed E-state index contributed by atoms with van der Waals surface area (Å²) in [6, 6.07) is 25.6. The fourth-order valence-corrected chi connectivity index (χ4v) is 3.45. The molecule has 4 heteroatoms. The van der Waals surface area contributed by atoms with Gasteiger partial charge in [0, 0.05) is 17.7 Å². The van der Waals surface area contributed by atoms with E-state index in [1.165, 1.54) is 5.56 Å². The standard InChI is InChI=1S/C23H22N2O2/c1-23(24-20-13-7-5-11-18(20)22(26)25-23)19-12-6-8-14-21(19)27-16-15-17-9-3-2-4-10-17/h2-14,24H,15-16H2,1H3,(H,25,26). The van der Waals surface area contributed by atoms with E-state index < -0.39 is 5.66 Å². The maximum atomic E-state index is 12.6. The lowest BCUT2D eigenvalue weighted by atomic mass is 9.95. The van der Waals surface area contributed by atoms with Crippen molar-refractivity contribution in [1.82, 2.24) is 5.32 Å². The molecule has 0 spiro atoms. The molecule has 1 aliphatic heterocycles. The van der Waals surface area contributed by atoms with Gasteiger partial charge in [0.25, 0.3) is 5.91 Å². The minimum atomic E-state index is -0.741. The fraction of sp³-hybridized carbons (Fsp3) is 0.174. The Labute approximate surface area is 159 Å². The van der Waals surface area contributed by atoms with Gasteiger partial charge in [-0.3, -0.25) is 4.79 Å². The topological polar surface area (TPSA) is 50.4 Å². The zero-order valence-electron chi connectivity index (χ0n) is 15.2. The largest absolute Gasteiger partial charge is 0.493 e. The van der Waals surface area contributed by atoms with Crippen molar-refractivity contribution in [1.29, 1.82) is 0 Å². The monoisotopic (exact) mass is 358 g/mol. The molecule has 2 N–H and O–H groups in total. The highest BCUT2D eigenvalue weighted by atomic mass is 16.5. The number of amides is 1. The van der Waals surface area contributed by atoms with Gasteiger partial charge in [-0.25, -0.2) is 0 Å². The van der Waals surface area contributed by atoms with Gasteiger partial charge in [-0.1, -0.05) is 60.7 Å². The highest BCUT2D eigenvalue weighted by molar-refractivity contribution is 6.02. The predicted molar refractivity (Wildman–Crippen MR) is 107 cm³/mol. The van der Waals surface area contributed by atoms with E-state index in [-0.39, 0.29) is 5.91 Å². The molecule has 1 amide bonds. The first-order valence-electron chi connectivity index (χ1n) is 9.12. The molecule has 4 rings (SSSR count). The zero-order valence-corrected chi connectivity index (χ0v) is 15.2. The summed E-state index contributed by atoms with van der Waals surface area (Å²) in [6.07, 6.45) is 0.828. The zero-order chi connectivity index (χ0) is 18.7. The summed E-state index contributed by atoms with van der Waals surface area (Å²) >= 11 is 0. The lowest BCUT2D eigenvalue weighted by Crippen LogP contribution is -2.53. The van der Waals surface area contributed by atoms with Crippen molar-refractivity contribution in [3.63, 3.8) is 0 Å². The van der Waals surface area contributed by atoms with Crippen LogP contribution in [-0.4, -0.2) is 12.5 Å². The second-order valence-corrected chi connectivity index (χ2v) is 6.83. The van der Waals surface area contributed by atoms with Crippen LogP contribution in [0, 0.1) is 0 Å². The van der Waals surface area contributed by atoms with E-state index in [9.17, 15) is 4.79 Å². The molecule has 0 saturated carbocycles. The Morgan fingerprint density at radius 3 is 2.41 bits per heavy atom. The number of ether oxygens (including phenoxy) is 1. The van der Waals surface area contributed by atoms with Crippen LogP contribution < -0.4 is 15.4 Å². The van der Waals surface area contributed by atoms with Crippen LogP contribution in [0.25, 0.3) is 0 Å². The SMILES string of the molecule is CC1(c2ccccc2OCCc2ccccc2)NC(=O)c2ccccc2N1. The normalized spacial score (nSPS) is 18.2. The summed E-state index contributed by atoms with van der Waals surface area (Å²) in [5, 5.41) is 6.54. The van der Waals surface area contributed by atoms with Gasteiger partial charge < -0.3 is 15.4 Å². The smallest absolute Gasteiger partial charge is 0.255 e. The van der Waals surface area contributed by atoms with E-state index in [4.69, 9.17) is 4.74 Å². The number of anilines is 1. The number of hydrogen-bond donors (Lipinski definition) is 2. The van der Waals surface area contributed by atoms with Crippen molar-refractivity contribution in [2.24, 2.45) is 0 Å². The molecule has 0 bridgehead atoms. The Hall–Kier alpha value is -3.27. The number of benzene rings is 3. The van der Waals surface area contributed by atoms with Crippen LogP contribution in [0.4, 0.5) is 5.69 Å². The van der Waals surface area contributed by atoms with Crippen LogP contribution in [0.2, 0.25) is 0 Å². The summed E-state index contributed by atoms with van der Waals surface area (Å²) in [4.78, 5) is 12.6. The molecular weight excluding hydrogens is 336 g/mol. The average molecular weight is 358 g/mol. The molecule has 1 unspecified atom stereocenters. The van der Waals surface area contributed by atoms with Gasteiger partial charge in [0.15, 0.2) is 0 Å². The Balaban J connectivity index is 1.56. The molecule has 1 heterocycles. The molecule has 0 fully saturated rings. The third kappa shape index (κ3) is 3.51. The van der Waals surface area contributed by atoms with Crippen LogP contribution in [-0.2, 0) is 12.1 Å². The number of hydrogen-bond acceptors (Lipinski definition) is 3. The van der Waals surface area contributed by atoms with E-state index >= 15 is 0 Å². The van der Waals surface area contributed by atoms with Crippen molar-refractivity contribution in [3.8, 4) is 5.75 Å². The van der Waals surface area contributed by atoms with Crippen LogP contribution >= 0.6 is 0 Å². The van der Waals surface area contributed by atoms with E-state index in [0.717, 1.165) is 23.4 Å². The van der Waals surface area contributed by atoms with Crippen molar-refractivity contribution >= 4 is 11.6 Å². The molecular formula is C23H22N2O2. The molecule has 3 aromatic carbocycles. The first-order chi connectivity index (χ1) is 13.2. The molecule has 27 heavy (non-hydrogen) atoms. The van der Waals surface area contributed by atoms with E-state index in [0.29, 0.717) is 12.2 Å². The average Bonchev–Trinajstić information content (AvgIpc) is 2.69. The first kappa shape index (κ1) is 17.2. The van der Waals surface area contributed by atoms with Crippen LogP contribution in [0.3, 0.4) is 0 Å².